The molecule has 4 heterocycles. The van der Waals surface area contributed by atoms with E-state index in [0.717, 1.165) is 61.9 Å². The first-order chi connectivity index (χ1) is 16.7. The highest BCUT2D eigenvalue weighted by atomic mass is 16.3. The van der Waals surface area contributed by atoms with Crippen molar-refractivity contribution in [1.82, 2.24) is 9.13 Å². The van der Waals surface area contributed by atoms with E-state index in [1.54, 1.807) is 0 Å². The lowest BCUT2D eigenvalue weighted by Gasteiger charge is -2.25. The van der Waals surface area contributed by atoms with Gasteiger partial charge in [0.1, 0.15) is 17.5 Å². The van der Waals surface area contributed by atoms with E-state index < -0.39 is 0 Å². The van der Waals surface area contributed by atoms with Crippen molar-refractivity contribution < 1.29 is 8.83 Å². The molecule has 0 fully saturated rings. The Kier molecular flexibility index (Phi) is 3.94. The summed E-state index contributed by atoms with van der Waals surface area (Å²) >= 11 is 0. The molecule has 0 aliphatic heterocycles. The number of nitrogens with one attached hydrogen (secondary N) is 1. The Morgan fingerprint density at radius 3 is 2.15 bits per heavy atom. The van der Waals surface area contributed by atoms with Gasteiger partial charge in [0.15, 0.2) is 16.9 Å². The van der Waals surface area contributed by atoms with Gasteiger partial charge < -0.3 is 23.3 Å². The van der Waals surface area contributed by atoms with Crippen LogP contribution in [-0.4, -0.2) is 14.8 Å². The van der Waals surface area contributed by atoms with Gasteiger partial charge in [0.05, 0.1) is 27.8 Å². The number of aromatic nitrogens is 2. The minimum Gasteiger partial charge on any atom is -0.456 e. The van der Waals surface area contributed by atoms with Gasteiger partial charge in [-0.15, -0.1) is 0 Å². The van der Waals surface area contributed by atoms with Gasteiger partial charge in [0.2, 0.25) is 0 Å². The third kappa shape index (κ3) is 2.65. The molecule has 0 saturated carbocycles. The minimum atomic E-state index is -0.232. The molecule has 7 rings (SSSR count). The van der Waals surface area contributed by atoms with Crippen molar-refractivity contribution in [3.05, 3.63) is 108 Å². The number of rotatable bonds is 3. The summed E-state index contributed by atoms with van der Waals surface area (Å²) in [5, 5.41) is 3.71. The summed E-state index contributed by atoms with van der Waals surface area (Å²) in [6, 6.07) is 24.0. The number of furan rings is 2. The largest absolute Gasteiger partial charge is 0.456 e. The van der Waals surface area contributed by atoms with Crippen molar-refractivity contribution >= 4 is 39.3 Å². The summed E-state index contributed by atoms with van der Waals surface area (Å²) in [5.74, 6) is 1.62. The molecular weight excluding hydrogens is 424 g/mol. The number of nitrogens with zero attached hydrogens (tertiary/aromatic N) is 3. The molecule has 2 aromatic carbocycles. The SMILES string of the molecule is Cn1ccc2oc3c(c21)C(=Nc1ccccc1)c1oc2ccn(C)c2c1C3Nc1ccccc1. The van der Waals surface area contributed by atoms with Gasteiger partial charge in [0.25, 0.3) is 0 Å². The van der Waals surface area contributed by atoms with Crippen LogP contribution in [0.5, 0.6) is 0 Å². The fraction of sp³-hybridized carbons (Fsp3) is 0.107. The van der Waals surface area contributed by atoms with E-state index >= 15 is 0 Å². The molecule has 34 heavy (non-hydrogen) atoms. The zero-order chi connectivity index (χ0) is 22.8. The lowest BCUT2D eigenvalue weighted by molar-refractivity contribution is 0.523. The number of fused-ring (bicyclic) bond motifs is 6. The Morgan fingerprint density at radius 2 is 1.41 bits per heavy atom. The lowest BCUT2D eigenvalue weighted by Crippen LogP contribution is -2.23. The molecule has 0 bridgehead atoms. The number of aliphatic imine (C=N–C) groups is 1. The van der Waals surface area contributed by atoms with Gasteiger partial charge >= 0.3 is 0 Å². The Morgan fingerprint density at radius 1 is 0.765 bits per heavy atom. The van der Waals surface area contributed by atoms with Gasteiger partial charge in [-0.25, -0.2) is 4.99 Å². The number of hydrogen-bond acceptors (Lipinski definition) is 4. The van der Waals surface area contributed by atoms with E-state index in [4.69, 9.17) is 13.8 Å². The van der Waals surface area contributed by atoms with Crippen LogP contribution < -0.4 is 5.32 Å². The number of para-hydroxylation sites is 2. The third-order valence-electron chi connectivity index (χ3n) is 6.57. The first kappa shape index (κ1) is 19.1. The second-order valence-corrected chi connectivity index (χ2v) is 8.70. The fourth-order valence-electron chi connectivity index (χ4n) is 5.06. The molecule has 166 valence electrons. The Labute approximate surface area is 195 Å². The molecular formula is C28H22N4O2. The van der Waals surface area contributed by atoms with Crippen LogP contribution in [0.25, 0.3) is 22.2 Å². The van der Waals surface area contributed by atoms with Crippen LogP contribution in [0.4, 0.5) is 11.4 Å². The predicted octanol–water partition coefficient (Wildman–Crippen LogP) is 6.54. The number of anilines is 1. The monoisotopic (exact) mass is 446 g/mol. The van der Waals surface area contributed by atoms with Crippen molar-refractivity contribution in [3.63, 3.8) is 0 Å². The van der Waals surface area contributed by atoms with Crippen LogP contribution in [0.15, 0.2) is 99.0 Å². The molecule has 0 spiro atoms. The second kappa shape index (κ2) is 7.02. The van der Waals surface area contributed by atoms with Gasteiger partial charge in [-0.3, -0.25) is 0 Å². The smallest absolute Gasteiger partial charge is 0.161 e. The summed E-state index contributed by atoms with van der Waals surface area (Å²) in [6.45, 7) is 0. The molecule has 0 amide bonds. The number of hydrogen-bond donors (Lipinski definition) is 1. The molecule has 1 aliphatic rings. The molecule has 0 radical (unpaired) electrons. The normalized spacial score (nSPS) is 16.3. The van der Waals surface area contributed by atoms with E-state index in [9.17, 15) is 0 Å². The zero-order valence-electron chi connectivity index (χ0n) is 18.8. The van der Waals surface area contributed by atoms with E-state index in [1.165, 1.54) is 0 Å². The second-order valence-electron chi connectivity index (χ2n) is 8.70. The summed E-state index contributed by atoms with van der Waals surface area (Å²) in [5.41, 5.74) is 8.39. The number of benzene rings is 2. The first-order valence-corrected chi connectivity index (χ1v) is 11.3. The maximum absolute atomic E-state index is 6.54. The average Bonchev–Trinajstić information content (AvgIpc) is 3.60. The Bertz CT molecular complexity index is 1700. The Balaban J connectivity index is 1.57. The quantitative estimate of drug-likeness (QED) is 0.336. The molecule has 6 aromatic rings. The van der Waals surface area contributed by atoms with Crippen LogP contribution >= 0.6 is 0 Å². The highest BCUT2D eigenvalue weighted by Crippen LogP contribution is 2.47. The number of aryl methyl sites for hydroxylation is 2. The topological polar surface area (TPSA) is 60.5 Å². The highest BCUT2D eigenvalue weighted by molar-refractivity contribution is 6.22. The van der Waals surface area contributed by atoms with Gasteiger partial charge in [0, 0.05) is 32.2 Å². The molecule has 1 unspecified atom stereocenters. The molecule has 1 N–H and O–H groups in total. The third-order valence-corrected chi connectivity index (χ3v) is 6.57. The van der Waals surface area contributed by atoms with Crippen LogP contribution in [-0.2, 0) is 14.1 Å². The summed E-state index contributed by atoms with van der Waals surface area (Å²) in [7, 11) is 4.08. The maximum Gasteiger partial charge on any atom is 0.161 e. The van der Waals surface area contributed by atoms with E-state index in [0.29, 0.717) is 0 Å². The molecule has 1 atom stereocenters. The summed E-state index contributed by atoms with van der Waals surface area (Å²) in [4.78, 5) is 5.10. The van der Waals surface area contributed by atoms with Crippen molar-refractivity contribution in [2.24, 2.45) is 19.1 Å². The van der Waals surface area contributed by atoms with Crippen LogP contribution in [0, 0.1) is 0 Å². The zero-order valence-corrected chi connectivity index (χ0v) is 18.8. The molecule has 0 saturated heterocycles. The molecule has 1 aliphatic carbocycles. The van der Waals surface area contributed by atoms with Gasteiger partial charge in [-0.2, -0.15) is 0 Å². The molecule has 6 nitrogen and oxygen atoms in total. The van der Waals surface area contributed by atoms with Crippen LogP contribution in [0.3, 0.4) is 0 Å². The Hall–Kier alpha value is -4.45. The fourth-order valence-corrected chi connectivity index (χ4v) is 5.06. The first-order valence-electron chi connectivity index (χ1n) is 11.3. The maximum atomic E-state index is 6.54. The van der Waals surface area contributed by atoms with E-state index in [2.05, 4.69) is 26.6 Å². The predicted molar refractivity (Wildman–Crippen MR) is 134 cm³/mol. The van der Waals surface area contributed by atoms with E-state index in [-0.39, 0.29) is 6.04 Å². The van der Waals surface area contributed by atoms with E-state index in [1.807, 2.05) is 87.2 Å². The van der Waals surface area contributed by atoms with Crippen molar-refractivity contribution in [1.29, 1.82) is 0 Å². The molecule has 6 heteroatoms. The average molecular weight is 447 g/mol. The lowest BCUT2D eigenvalue weighted by atomic mass is 9.89. The van der Waals surface area contributed by atoms with Crippen molar-refractivity contribution in [3.8, 4) is 0 Å². The minimum absolute atomic E-state index is 0.232. The molecule has 4 aromatic heterocycles. The summed E-state index contributed by atoms with van der Waals surface area (Å²) < 4.78 is 17.2. The summed E-state index contributed by atoms with van der Waals surface area (Å²) in [6.07, 6.45) is 4.04. The van der Waals surface area contributed by atoms with Gasteiger partial charge in [-0.1, -0.05) is 36.4 Å². The standard InChI is InChI=1S/C28H22N4O2/c1-31-15-13-19-25(31)21-23(29-17-9-5-3-6-10-17)28-22(26-20(34-28)14-16-32(26)2)24(27(21)33-19)30-18-11-7-4-8-12-18/h3-16,23,29H,1-2H3. The van der Waals surface area contributed by atoms with Crippen molar-refractivity contribution in [2.45, 2.75) is 6.04 Å². The highest BCUT2D eigenvalue weighted by Gasteiger charge is 2.41. The van der Waals surface area contributed by atoms with Crippen molar-refractivity contribution in [2.75, 3.05) is 5.32 Å². The van der Waals surface area contributed by atoms with Gasteiger partial charge in [-0.05, 0) is 36.4 Å². The van der Waals surface area contributed by atoms with Crippen LogP contribution in [0.1, 0.15) is 28.7 Å². The van der Waals surface area contributed by atoms with Crippen LogP contribution in [0.2, 0.25) is 0 Å².